The zero-order chi connectivity index (χ0) is 15.9. The van der Waals surface area contributed by atoms with Crippen LogP contribution in [0.1, 0.15) is 30.5 Å². The van der Waals surface area contributed by atoms with Gasteiger partial charge in [0, 0.05) is 16.8 Å². The van der Waals surface area contributed by atoms with Crippen LogP contribution in [0, 0.1) is 6.92 Å². The summed E-state index contributed by atoms with van der Waals surface area (Å²) in [5.74, 6) is -0.0697. The number of aryl methyl sites for hydroxylation is 1. The molecule has 0 aliphatic carbocycles. The van der Waals surface area contributed by atoms with Gasteiger partial charge in [-0.05, 0) is 36.6 Å². The van der Waals surface area contributed by atoms with E-state index in [1.807, 2.05) is 37.3 Å². The number of rotatable bonds is 6. The first-order chi connectivity index (χ1) is 10.6. The molecule has 0 saturated heterocycles. The minimum atomic E-state index is -0.0697. The van der Waals surface area contributed by atoms with Crippen LogP contribution in [0.2, 0.25) is 5.02 Å². The Bertz CT molecular complexity index is 628. The molecule has 1 unspecified atom stereocenters. The molecule has 2 N–H and O–H groups in total. The summed E-state index contributed by atoms with van der Waals surface area (Å²) < 4.78 is 0. The SMILES string of the molecule is CCC(NCC(=O)Nc1cc(Cl)ccc1C)c1ccccc1. The summed E-state index contributed by atoms with van der Waals surface area (Å²) in [5, 5.41) is 6.81. The summed E-state index contributed by atoms with van der Waals surface area (Å²) in [4.78, 5) is 12.1. The summed E-state index contributed by atoms with van der Waals surface area (Å²) in [6, 6.07) is 15.8. The lowest BCUT2D eigenvalue weighted by Gasteiger charge is -2.17. The van der Waals surface area contributed by atoms with Gasteiger partial charge in [-0.25, -0.2) is 0 Å². The van der Waals surface area contributed by atoms with Crippen LogP contribution in [0.25, 0.3) is 0 Å². The van der Waals surface area contributed by atoms with Crippen molar-refractivity contribution in [3.63, 3.8) is 0 Å². The van der Waals surface area contributed by atoms with Crippen molar-refractivity contribution in [2.45, 2.75) is 26.3 Å². The molecule has 2 aromatic rings. The van der Waals surface area contributed by atoms with Crippen molar-refractivity contribution in [1.29, 1.82) is 0 Å². The van der Waals surface area contributed by atoms with Crippen molar-refractivity contribution in [2.75, 3.05) is 11.9 Å². The zero-order valence-corrected chi connectivity index (χ0v) is 13.7. The fraction of sp³-hybridized carbons (Fsp3) is 0.278. The van der Waals surface area contributed by atoms with E-state index < -0.39 is 0 Å². The van der Waals surface area contributed by atoms with E-state index in [9.17, 15) is 4.79 Å². The molecule has 0 spiro atoms. The number of halogens is 1. The van der Waals surface area contributed by atoms with Crippen molar-refractivity contribution in [1.82, 2.24) is 5.32 Å². The Morgan fingerprint density at radius 1 is 1.18 bits per heavy atom. The molecule has 0 aromatic heterocycles. The van der Waals surface area contributed by atoms with Gasteiger partial charge in [-0.3, -0.25) is 4.79 Å². The summed E-state index contributed by atoms with van der Waals surface area (Å²) in [7, 11) is 0. The van der Waals surface area contributed by atoms with Gasteiger partial charge < -0.3 is 10.6 Å². The van der Waals surface area contributed by atoms with E-state index >= 15 is 0 Å². The van der Waals surface area contributed by atoms with Gasteiger partial charge >= 0.3 is 0 Å². The Labute approximate surface area is 136 Å². The summed E-state index contributed by atoms with van der Waals surface area (Å²) >= 11 is 5.96. The number of carbonyl (C=O) groups excluding carboxylic acids is 1. The molecule has 0 heterocycles. The topological polar surface area (TPSA) is 41.1 Å². The Morgan fingerprint density at radius 3 is 2.59 bits per heavy atom. The number of amides is 1. The lowest BCUT2D eigenvalue weighted by atomic mass is 10.0. The average Bonchev–Trinajstić information content (AvgIpc) is 2.52. The predicted octanol–water partition coefficient (Wildman–Crippen LogP) is 4.33. The highest BCUT2D eigenvalue weighted by molar-refractivity contribution is 6.31. The highest BCUT2D eigenvalue weighted by Gasteiger charge is 2.11. The third-order valence-corrected chi connectivity index (χ3v) is 3.83. The summed E-state index contributed by atoms with van der Waals surface area (Å²) in [5.41, 5.74) is 2.94. The summed E-state index contributed by atoms with van der Waals surface area (Å²) in [6.45, 7) is 4.31. The molecule has 3 nitrogen and oxygen atoms in total. The second-order valence-corrected chi connectivity index (χ2v) is 5.70. The lowest BCUT2D eigenvalue weighted by molar-refractivity contribution is -0.115. The molecule has 4 heteroatoms. The van der Waals surface area contributed by atoms with E-state index in [0.717, 1.165) is 17.7 Å². The van der Waals surface area contributed by atoms with Crippen molar-refractivity contribution >= 4 is 23.2 Å². The molecular formula is C18H21ClN2O. The Morgan fingerprint density at radius 2 is 1.91 bits per heavy atom. The molecule has 0 aliphatic rings. The molecule has 22 heavy (non-hydrogen) atoms. The van der Waals surface area contributed by atoms with Crippen LogP contribution in [0.15, 0.2) is 48.5 Å². The van der Waals surface area contributed by atoms with E-state index in [1.54, 1.807) is 6.07 Å². The van der Waals surface area contributed by atoms with Crippen LogP contribution in [-0.2, 0) is 4.79 Å². The molecule has 1 atom stereocenters. The third kappa shape index (κ3) is 4.58. The second kappa shape index (κ2) is 7.97. The fourth-order valence-electron chi connectivity index (χ4n) is 2.32. The quantitative estimate of drug-likeness (QED) is 0.833. The molecule has 0 radical (unpaired) electrons. The summed E-state index contributed by atoms with van der Waals surface area (Å²) in [6.07, 6.45) is 0.924. The van der Waals surface area contributed by atoms with E-state index in [-0.39, 0.29) is 18.5 Å². The average molecular weight is 317 g/mol. The Hall–Kier alpha value is -1.84. The van der Waals surface area contributed by atoms with Crippen molar-refractivity contribution < 1.29 is 4.79 Å². The third-order valence-electron chi connectivity index (χ3n) is 3.59. The molecule has 0 aliphatic heterocycles. The van der Waals surface area contributed by atoms with Crippen LogP contribution >= 0.6 is 11.6 Å². The highest BCUT2D eigenvalue weighted by Crippen LogP contribution is 2.20. The standard InChI is InChI=1S/C18H21ClN2O/c1-3-16(14-7-5-4-6-8-14)20-12-18(22)21-17-11-15(19)10-9-13(17)2/h4-11,16,20H,3,12H2,1-2H3,(H,21,22). The predicted molar refractivity (Wildman–Crippen MR) is 92.3 cm³/mol. The van der Waals surface area contributed by atoms with Crippen LogP contribution in [-0.4, -0.2) is 12.5 Å². The monoisotopic (exact) mass is 316 g/mol. The van der Waals surface area contributed by atoms with Crippen molar-refractivity contribution in [3.05, 3.63) is 64.7 Å². The highest BCUT2D eigenvalue weighted by atomic mass is 35.5. The molecular weight excluding hydrogens is 296 g/mol. The van der Waals surface area contributed by atoms with E-state index in [0.29, 0.717) is 5.02 Å². The van der Waals surface area contributed by atoms with Crippen LogP contribution in [0.5, 0.6) is 0 Å². The minimum absolute atomic E-state index is 0.0697. The first-order valence-corrected chi connectivity index (χ1v) is 7.82. The van der Waals surface area contributed by atoms with Gasteiger partial charge in [-0.1, -0.05) is 54.9 Å². The van der Waals surface area contributed by atoms with Crippen LogP contribution in [0.4, 0.5) is 5.69 Å². The molecule has 0 saturated carbocycles. The lowest BCUT2D eigenvalue weighted by Crippen LogP contribution is -2.31. The molecule has 2 aromatic carbocycles. The number of carbonyl (C=O) groups is 1. The smallest absolute Gasteiger partial charge is 0.238 e. The van der Waals surface area contributed by atoms with E-state index in [4.69, 9.17) is 11.6 Å². The van der Waals surface area contributed by atoms with Gasteiger partial charge in [0.25, 0.3) is 0 Å². The fourth-order valence-corrected chi connectivity index (χ4v) is 2.49. The Balaban J connectivity index is 1.93. The van der Waals surface area contributed by atoms with Gasteiger partial charge in [0.2, 0.25) is 5.91 Å². The van der Waals surface area contributed by atoms with Gasteiger partial charge in [-0.15, -0.1) is 0 Å². The maximum absolute atomic E-state index is 12.1. The van der Waals surface area contributed by atoms with Crippen LogP contribution < -0.4 is 10.6 Å². The van der Waals surface area contributed by atoms with Crippen LogP contribution in [0.3, 0.4) is 0 Å². The van der Waals surface area contributed by atoms with Gasteiger partial charge in [0.1, 0.15) is 0 Å². The number of nitrogens with one attached hydrogen (secondary N) is 2. The second-order valence-electron chi connectivity index (χ2n) is 5.26. The molecule has 2 rings (SSSR count). The van der Waals surface area contributed by atoms with E-state index in [2.05, 4.69) is 29.7 Å². The maximum Gasteiger partial charge on any atom is 0.238 e. The molecule has 1 amide bonds. The first-order valence-electron chi connectivity index (χ1n) is 7.44. The first kappa shape index (κ1) is 16.5. The molecule has 0 bridgehead atoms. The van der Waals surface area contributed by atoms with Gasteiger partial charge in [0.15, 0.2) is 0 Å². The number of hydrogen-bond acceptors (Lipinski definition) is 2. The van der Waals surface area contributed by atoms with E-state index in [1.165, 1.54) is 5.56 Å². The minimum Gasteiger partial charge on any atom is -0.325 e. The number of benzene rings is 2. The maximum atomic E-state index is 12.1. The Kier molecular flexibility index (Phi) is 5.99. The molecule has 116 valence electrons. The number of hydrogen-bond donors (Lipinski definition) is 2. The van der Waals surface area contributed by atoms with Crippen molar-refractivity contribution in [3.8, 4) is 0 Å². The van der Waals surface area contributed by atoms with Crippen molar-refractivity contribution in [2.24, 2.45) is 0 Å². The van der Waals surface area contributed by atoms with Gasteiger partial charge in [0.05, 0.1) is 6.54 Å². The normalized spacial score (nSPS) is 12.0. The largest absolute Gasteiger partial charge is 0.325 e. The number of anilines is 1. The van der Waals surface area contributed by atoms with Gasteiger partial charge in [-0.2, -0.15) is 0 Å². The zero-order valence-electron chi connectivity index (χ0n) is 12.9. The molecule has 0 fully saturated rings.